The number of nitrogens with one attached hydrogen (secondary N) is 2. The Labute approximate surface area is 132 Å². The van der Waals surface area contributed by atoms with Crippen molar-refractivity contribution in [2.45, 2.75) is 6.04 Å². The molecule has 0 unspecified atom stereocenters. The Morgan fingerprint density at radius 2 is 2.04 bits per heavy atom. The SMILES string of the molecule is Nc1nc(N[C@H]2[C@@H]3COC[C@@H]32)c2ccc(-c3ccn[nH]3)cc2n1. The van der Waals surface area contributed by atoms with Gasteiger partial charge in [0.25, 0.3) is 0 Å². The maximum absolute atomic E-state index is 5.90. The van der Waals surface area contributed by atoms with Crippen LogP contribution in [0.25, 0.3) is 22.2 Å². The summed E-state index contributed by atoms with van der Waals surface area (Å²) < 4.78 is 5.44. The van der Waals surface area contributed by atoms with E-state index in [-0.39, 0.29) is 5.95 Å². The monoisotopic (exact) mass is 308 g/mol. The van der Waals surface area contributed by atoms with Gasteiger partial charge in [-0.25, -0.2) is 4.98 Å². The van der Waals surface area contributed by atoms with Crippen molar-refractivity contribution in [3.8, 4) is 11.3 Å². The van der Waals surface area contributed by atoms with Crippen LogP contribution in [0.1, 0.15) is 0 Å². The topological polar surface area (TPSA) is 102 Å². The highest BCUT2D eigenvalue weighted by molar-refractivity contribution is 5.92. The molecule has 1 aliphatic heterocycles. The van der Waals surface area contributed by atoms with E-state index in [2.05, 4.69) is 25.5 Å². The van der Waals surface area contributed by atoms with E-state index in [1.54, 1.807) is 6.20 Å². The molecule has 2 aromatic heterocycles. The van der Waals surface area contributed by atoms with Crippen LogP contribution in [0.3, 0.4) is 0 Å². The van der Waals surface area contributed by atoms with Crippen molar-refractivity contribution in [2.24, 2.45) is 11.8 Å². The molecule has 3 heterocycles. The van der Waals surface area contributed by atoms with Crippen molar-refractivity contribution in [2.75, 3.05) is 24.3 Å². The summed E-state index contributed by atoms with van der Waals surface area (Å²) in [5.74, 6) is 2.29. The lowest BCUT2D eigenvalue weighted by Gasteiger charge is -2.12. The molecule has 2 fully saturated rings. The molecule has 4 N–H and O–H groups in total. The maximum Gasteiger partial charge on any atom is 0.222 e. The van der Waals surface area contributed by atoms with Gasteiger partial charge in [0.1, 0.15) is 5.82 Å². The summed E-state index contributed by atoms with van der Waals surface area (Å²) in [7, 11) is 0. The predicted molar refractivity (Wildman–Crippen MR) is 86.7 cm³/mol. The van der Waals surface area contributed by atoms with E-state index < -0.39 is 0 Å². The molecule has 1 aliphatic carbocycles. The van der Waals surface area contributed by atoms with E-state index in [1.807, 2.05) is 24.3 Å². The average molecular weight is 308 g/mol. The lowest BCUT2D eigenvalue weighted by atomic mass is 10.1. The van der Waals surface area contributed by atoms with Gasteiger partial charge in [-0.2, -0.15) is 10.1 Å². The molecule has 1 saturated carbocycles. The van der Waals surface area contributed by atoms with E-state index in [4.69, 9.17) is 10.5 Å². The fourth-order valence-corrected chi connectivity index (χ4v) is 3.45. The molecule has 0 spiro atoms. The number of benzene rings is 1. The fourth-order valence-electron chi connectivity index (χ4n) is 3.45. The molecule has 5 rings (SSSR count). The number of anilines is 2. The van der Waals surface area contributed by atoms with Gasteiger partial charge in [-0.3, -0.25) is 5.10 Å². The Hall–Kier alpha value is -2.67. The number of ether oxygens (including phenoxy) is 1. The van der Waals surface area contributed by atoms with E-state index in [0.717, 1.165) is 41.2 Å². The van der Waals surface area contributed by atoms with Crippen LogP contribution < -0.4 is 11.1 Å². The number of hydrogen-bond acceptors (Lipinski definition) is 6. The number of nitrogens with two attached hydrogens (primary N) is 1. The molecule has 3 aromatic rings. The quantitative estimate of drug-likeness (QED) is 0.680. The molecule has 2 aliphatic rings. The first-order valence-corrected chi connectivity index (χ1v) is 7.71. The normalized spacial score (nSPS) is 25.5. The summed E-state index contributed by atoms with van der Waals surface area (Å²) in [4.78, 5) is 8.77. The third kappa shape index (κ3) is 2.04. The van der Waals surface area contributed by atoms with Crippen molar-refractivity contribution >= 4 is 22.7 Å². The molecule has 7 nitrogen and oxygen atoms in total. The molecule has 116 valence electrons. The van der Waals surface area contributed by atoms with Crippen LogP contribution in [-0.4, -0.2) is 39.4 Å². The van der Waals surface area contributed by atoms with Crippen LogP contribution in [0, 0.1) is 11.8 Å². The van der Waals surface area contributed by atoms with Gasteiger partial charge in [-0.1, -0.05) is 6.07 Å². The molecule has 0 radical (unpaired) electrons. The predicted octanol–water partition coefficient (Wildman–Crippen LogP) is 1.66. The minimum atomic E-state index is 0.281. The average Bonchev–Trinajstić information content (AvgIpc) is 3.01. The number of nitrogen functional groups attached to an aromatic ring is 1. The molecule has 23 heavy (non-hydrogen) atoms. The highest BCUT2D eigenvalue weighted by Gasteiger charge is 2.54. The number of aromatic amines is 1. The van der Waals surface area contributed by atoms with E-state index in [9.17, 15) is 0 Å². The van der Waals surface area contributed by atoms with Crippen LogP contribution in [0.5, 0.6) is 0 Å². The fraction of sp³-hybridized carbons (Fsp3) is 0.312. The largest absolute Gasteiger partial charge is 0.381 e. The Morgan fingerprint density at radius 1 is 1.17 bits per heavy atom. The Morgan fingerprint density at radius 3 is 2.83 bits per heavy atom. The van der Waals surface area contributed by atoms with Gasteiger partial charge >= 0.3 is 0 Å². The molecular formula is C16H16N6O. The Bertz CT molecular complexity index is 868. The van der Waals surface area contributed by atoms with Crippen molar-refractivity contribution in [3.63, 3.8) is 0 Å². The van der Waals surface area contributed by atoms with Crippen LogP contribution in [0.15, 0.2) is 30.5 Å². The summed E-state index contributed by atoms with van der Waals surface area (Å²) in [6.07, 6.45) is 1.73. The van der Waals surface area contributed by atoms with Gasteiger partial charge in [0.15, 0.2) is 0 Å². The number of H-pyrrole nitrogens is 1. The van der Waals surface area contributed by atoms with Gasteiger partial charge in [0.2, 0.25) is 5.95 Å². The molecule has 0 bridgehead atoms. The minimum Gasteiger partial charge on any atom is -0.381 e. The maximum atomic E-state index is 5.90. The van der Waals surface area contributed by atoms with Gasteiger partial charge in [-0.15, -0.1) is 0 Å². The zero-order chi connectivity index (χ0) is 15.4. The molecule has 1 aromatic carbocycles. The third-order valence-electron chi connectivity index (χ3n) is 4.78. The third-order valence-corrected chi connectivity index (χ3v) is 4.78. The molecular weight excluding hydrogens is 292 g/mol. The number of aromatic nitrogens is 4. The lowest BCUT2D eigenvalue weighted by molar-refractivity contribution is 0.162. The minimum absolute atomic E-state index is 0.281. The molecule has 3 atom stereocenters. The Kier molecular flexibility index (Phi) is 2.60. The van der Waals surface area contributed by atoms with Crippen molar-refractivity contribution in [3.05, 3.63) is 30.5 Å². The van der Waals surface area contributed by atoms with Gasteiger partial charge in [-0.05, 0) is 18.2 Å². The van der Waals surface area contributed by atoms with Crippen LogP contribution in [-0.2, 0) is 4.74 Å². The lowest BCUT2D eigenvalue weighted by Crippen LogP contribution is -2.14. The second-order valence-electron chi connectivity index (χ2n) is 6.17. The summed E-state index contributed by atoms with van der Waals surface area (Å²) in [5, 5.41) is 11.5. The number of rotatable bonds is 3. The van der Waals surface area contributed by atoms with E-state index >= 15 is 0 Å². The highest BCUT2D eigenvalue weighted by atomic mass is 16.5. The van der Waals surface area contributed by atoms with Crippen molar-refractivity contribution < 1.29 is 4.74 Å². The van der Waals surface area contributed by atoms with E-state index in [1.165, 1.54) is 0 Å². The first-order chi connectivity index (χ1) is 11.3. The first-order valence-electron chi connectivity index (χ1n) is 7.71. The molecule has 1 saturated heterocycles. The van der Waals surface area contributed by atoms with Crippen molar-refractivity contribution in [1.29, 1.82) is 0 Å². The second-order valence-corrected chi connectivity index (χ2v) is 6.17. The van der Waals surface area contributed by atoms with Gasteiger partial charge < -0.3 is 15.8 Å². The number of nitrogens with zero attached hydrogens (tertiary/aromatic N) is 3. The molecule has 0 amide bonds. The van der Waals surface area contributed by atoms with E-state index in [0.29, 0.717) is 17.9 Å². The summed E-state index contributed by atoms with van der Waals surface area (Å²) >= 11 is 0. The standard InChI is InChI=1S/C16H16N6O/c17-16-19-13-5-8(12-3-4-18-22-12)1-2-9(13)15(21-16)20-14-10-6-23-7-11(10)14/h1-5,10-11,14H,6-7H2,(H,18,22)(H3,17,19,20,21)/t10-,11+,14+. The molecule has 7 heteroatoms. The zero-order valence-electron chi connectivity index (χ0n) is 12.4. The Balaban J connectivity index is 1.54. The zero-order valence-corrected chi connectivity index (χ0v) is 12.4. The first kappa shape index (κ1) is 12.8. The van der Waals surface area contributed by atoms with Crippen LogP contribution in [0.2, 0.25) is 0 Å². The smallest absolute Gasteiger partial charge is 0.222 e. The second kappa shape index (κ2) is 4.66. The van der Waals surface area contributed by atoms with Gasteiger partial charge in [0, 0.05) is 35.0 Å². The summed E-state index contributed by atoms with van der Waals surface area (Å²) in [6, 6.07) is 8.44. The number of fused-ring (bicyclic) bond motifs is 2. The van der Waals surface area contributed by atoms with Crippen LogP contribution >= 0.6 is 0 Å². The highest BCUT2D eigenvalue weighted by Crippen LogP contribution is 2.46. The van der Waals surface area contributed by atoms with Crippen molar-refractivity contribution in [1.82, 2.24) is 20.2 Å². The summed E-state index contributed by atoms with van der Waals surface area (Å²) in [5.41, 5.74) is 8.70. The summed E-state index contributed by atoms with van der Waals surface area (Å²) in [6.45, 7) is 1.68. The van der Waals surface area contributed by atoms with Crippen LogP contribution in [0.4, 0.5) is 11.8 Å². The van der Waals surface area contributed by atoms with Gasteiger partial charge in [0.05, 0.1) is 24.4 Å². The number of hydrogen-bond donors (Lipinski definition) is 3.